The van der Waals surface area contributed by atoms with Crippen LogP contribution in [0.3, 0.4) is 0 Å². The van der Waals surface area contributed by atoms with Gasteiger partial charge in [0, 0.05) is 12.8 Å². The molecule has 0 saturated heterocycles. The fourth-order valence-electron chi connectivity index (χ4n) is 2.34. The average Bonchev–Trinajstić information content (AvgIpc) is 2.71. The third kappa shape index (κ3) is 9.18. The van der Waals surface area contributed by atoms with Gasteiger partial charge < -0.3 is 10.2 Å². The van der Waals surface area contributed by atoms with E-state index >= 15 is 0 Å². The number of nitrogens with one attached hydrogen (secondary N) is 2. The Bertz CT molecular complexity index is 774. The minimum atomic E-state index is -0.192. The number of benzene rings is 2. The molecule has 0 saturated carbocycles. The number of rotatable bonds is 10. The van der Waals surface area contributed by atoms with Crippen molar-refractivity contribution in [1.29, 1.82) is 0 Å². The van der Waals surface area contributed by atoms with Gasteiger partial charge in [-0.25, -0.2) is 10.9 Å². The Morgan fingerprint density at radius 1 is 0.690 bits per heavy atom. The second-order valence-electron chi connectivity index (χ2n) is 6.33. The van der Waals surface area contributed by atoms with Gasteiger partial charge in [0.15, 0.2) is 0 Å². The summed E-state index contributed by atoms with van der Waals surface area (Å²) in [6, 6.07) is 12.9. The molecular weight excluding hydrogens is 372 g/mol. The quantitative estimate of drug-likeness (QED) is 0.280. The van der Waals surface area contributed by atoms with Crippen LogP contribution in [0.25, 0.3) is 0 Å². The maximum absolute atomic E-state index is 11.7. The van der Waals surface area contributed by atoms with E-state index in [1.807, 2.05) is 0 Å². The first kappa shape index (κ1) is 21.6. The van der Waals surface area contributed by atoms with E-state index in [1.165, 1.54) is 36.7 Å². The Morgan fingerprint density at radius 3 is 1.45 bits per heavy atom. The van der Waals surface area contributed by atoms with Crippen molar-refractivity contribution in [3.05, 3.63) is 59.7 Å². The number of aromatic hydroxyl groups is 2. The van der Waals surface area contributed by atoms with Gasteiger partial charge in [-0.15, -0.1) is 0 Å². The van der Waals surface area contributed by atoms with Crippen LogP contribution >= 0.6 is 0 Å². The van der Waals surface area contributed by atoms with Gasteiger partial charge in [0.2, 0.25) is 11.8 Å². The maximum Gasteiger partial charge on any atom is 0.240 e. The first-order valence-corrected chi connectivity index (χ1v) is 9.25. The van der Waals surface area contributed by atoms with E-state index in [9.17, 15) is 19.8 Å². The van der Waals surface area contributed by atoms with Gasteiger partial charge in [0.05, 0.1) is 12.4 Å². The van der Waals surface area contributed by atoms with Crippen molar-refractivity contribution in [2.75, 3.05) is 0 Å². The number of phenolic OH excluding ortho intramolecular Hbond substituents is 2. The molecule has 29 heavy (non-hydrogen) atoms. The number of phenols is 2. The number of carbonyl (C=O) groups excluding carboxylic acids is 2. The Hall–Kier alpha value is -3.68. The highest BCUT2D eigenvalue weighted by molar-refractivity contribution is 5.83. The van der Waals surface area contributed by atoms with E-state index in [1.54, 1.807) is 24.3 Å². The minimum absolute atomic E-state index is 0.170. The number of unbranched alkanes of at least 4 members (excludes halogenated alkanes) is 2. The normalized spacial score (nSPS) is 11.0. The van der Waals surface area contributed by atoms with Crippen LogP contribution in [0.1, 0.15) is 43.2 Å². The Labute approximate surface area is 169 Å². The molecule has 0 atom stereocenters. The van der Waals surface area contributed by atoms with Crippen LogP contribution in [-0.2, 0) is 9.59 Å². The summed E-state index contributed by atoms with van der Waals surface area (Å²) in [5, 5.41) is 26.1. The molecule has 2 aromatic rings. The summed E-state index contributed by atoms with van der Waals surface area (Å²) in [6.07, 6.45) is 5.71. The molecule has 0 aromatic heterocycles. The standard InChI is InChI=1S/C21H24N4O4/c26-18-10-6-16(7-11-18)14-22-24-20(28)4-2-1-3-5-21(29)25-23-15-17-8-12-19(27)13-9-17/h6-15,26-27H,1-5H2,(H,24,28)(H,25,29)/b22-14+,23-15+. The van der Waals surface area contributed by atoms with Gasteiger partial charge in [-0.3, -0.25) is 9.59 Å². The summed E-state index contributed by atoms with van der Waals surface area (Å²) in [7, 11) is 0. The summed E-state index contributed by atoms with van der Waals surface area (Å²) in [6.45, 7) is 0. The van der Waals surface area contributed by atoms with E-state index in [0.29, 0.717) is 25.7 Å². The van der Waals surface area contributed by atoms with Gasteiger partial charge in [-0.05, 0) is 72.5 Å². The molecule has 4 N–H and O–H groups in total. The highest BCUT2D eigenvalue weighted by Crippen LogP contribution is 2.08. The molecule has 0 radical (unpaired) electrons. The lowest BCUT2D eigenvalue weighted by atomic mass is 10.1. The summed E-state index contributed by atoms with van der Waals surface area (Å²) in [5.41, 5.74) is 6.42. The lowest BCUT2D eigenvalue weighted by Gasteiger charge is -2.01. The van der Waals surface area contributed by atoms with Crippen molar-refractivity contribution in [3.63, 3.8) is 0 Å². The SMILES string of the molecule is O=C(CCCCCC(=O)N/N=C/c1ccc(O)cc1)N/N=C/c1ccc(O)cc1. The van der Waals surface area contributed by atoms with Crippen molar-refractivity contribution >= 4 is 24.2 Å². The van der Waals surface area contributed by atoms with Crippen molar-refractivity contribution in [1.82, 2.24) is 10.9 Å². The number of amides is 2. The monoisotopic (exact) mass is 396 g/mol. The molecule has 2 aromatic carbocycles. The van der Waals surface area contributed by atoms with E-state index in [2.05, 4.69) is 21.1 Å². The van der Waals surface area contributed by atoms with Crippen LogP contribution < -0.4 is 10.9 Å². The van der Waals surface area contributed by atoms with Crippen LogP contribution in [0.5, 0.6) is 11.5 Å². The van der Waals surface area contributed by atoms with E-state index < -0.39 is 0 Å². The largest absolute Gasteiger partial charge is 0.508 e. The lowest BCUT2D eigenvalue weighted by molar-refractivity contribution is -0.121. The third-order valence-electron chi connectivity index (χ3n) is 3.90. The summed E-state index contributed by atoms with van der Waals surface area (Å²) in [4.78, 5) is 23.4. The number of hydrazone groups is 2. The predicted octanol–water partition coefficient (Wildman–Crippen LogP) is 2.65. The first-order chi connectivity index (χ1) is 14.0. The number of nitrogens with zero attached hydrogens (tertiary/aromatic N) is 2. The second-order valence-corrected chi connectivity index (χ2v) is 6.33. The molecule has 0 aliphatic carbocycles. The molecule has 0 spiro atoms. The minimum Gasteiger partial charge on any atom is -0.508 e. The summed E-state index contributed by atoms with van der Waals surface area (Å²) >= 11 is 0. The van der Waals surface area contributed by atoms with Gasteiger partial charge in [-0.1, -0.05) is 6.42 Å². The van der Waals surface area contributed by atoms with Crippen molar-refractivity contribution in [2.45, 2.75) is 32.1 Å². The fourth-order valence-corrected chi connectivity index (χ4v) is 2.34. The topological polar surface area (TPSA) is 123 Å². The molecule has 152 valence electrons. The van der Waals surface area contributed by atoms with Crippen LogP contribution in [0.15, 0.2) is 58.7 Å². The zero-order valence-electron chi connectivity index (χ0n) is 15.9. The van der Waals surface area contributed by atoms with Gasteiger partial charge >= 0.3 is 0 Å². The van der Waals surface area contributed by atoms with E-state index in [0.717, 1.165) is 17.5 Å². The van der Waals surface area contributed by atoms with Crippen molar-refractivity contribution < 1.29 is 19.8 Å². The maximum atomic E-state index is 11.7. The second kappa shape index (κ2) is 11.9. The number of carbonyl (C=O) groups is 2. The molecule has 0 bridgehead atoms. The van der Waals surface area contributed by atoms with E-state index in [-0.39, 0.29) is 23.3 Å². The summed E-state index contributed by atoms with van der Waals surface area (Å²) in [5.74, 6) is -0.0426. The van der Waals surface area contributed by atoms with Gasteiger partial charge in [-0.2, -0.15) is 10.2 Å². The predicted molar refractivity (Wildman–Crippen MR) is 111 cm³/mol. The molecule has 0 aliphatic heterocycles. The van der Waals surface area contributed by atoms with Gasteiger partial charge in [0.1, 0.15) is 11.5 Å². The third-order valence-corrected chi connectivity index (χ3v) is 3.90. The molecule has 0 unspecified atom stereocenters. The average molecular weight is 396 g/mol. The molecule has 2 rings (SSSR count). The Morgan fingerprint density at radius 2 is 1.07 bits per heavy atom. The lowest BCUT2D eigenvalue weighted by Crippen LogP contribution is -2.18. The number of hydrogen-bond acceptors (Lipinski definition) is 6. The Balaban J connectivity index is 1.53. The smallest absolute Gasteiger partial charge is 0.240 e. The molecule has 2 amide bonds. The van der Waals surface area contributed by atoms with E-state index in [4.69, 9.17) is 0 Å². The molecule has 0 heterocycles. The number of hydrogen-bond donors (Lipinski definition) is 4. The van der Waals surface area contributed by atoms with Crippen LogP contribution in [0.2, 0.25) is 0 Å². The van der Waals surface area contributed by atoms with Crippen LogP contribution in [-0.4, -0.2) is 34.5 Å². The highest BCUT2D eigenvalue weighted by atomic mass is 16.3. The first-order valence-electron chi connectivity index (χ1n) is 9.25. The molecule has 0 fully saturated rings. The van der Waals surface area contributed by atoms with Crippen LogP contribution in [0.4, 0.5) is 0 Å². The highest BCUT2D eigenvalue weighted by Gasteiger charge is 2.02. The molecule has 8 heteroatoms. The van der Waals surface area contributed by atoms with Crippen molar-refractivity contribution in [3.8, 4) is 11.5 Å². The molecular formula is C21H24N4O4. The van der Waals surface area contributed by atoms with Gasteiger partial charge in [0.25, 0.3) is 0 Å². The zero-order valence-corrected chi connectivity index (χ0v) is 15.9. The zero-order chi connectivity index (χ0) is 20.9. The fraction of sp³-hybridized carbons (Fsp3) is 0.238. The Kier molecular flexibility index (Phi) is 8.88. The van der Waals surface area contributed by atoms with Crippen molar-refractivity contribution in [2.24, 2.45) is 10.2 Å². The molecule has 0 aliphatic rings. The molecule has 8 nitrogen and oxygen atoms in total. The summed E-state index contributed by atoms with van der Waals surface area (Å²) < 4.78 is 0. The van der Waals surface area contributed by atoms with Crippen LogP contribution in [0, 0.1) is 0 Å².